The molecule has 0 saturated heterocycles. The van der Waals surface area contributed by atoms with Gasteiger partial charge in [-0.25, -0.2) is 19.4 Å². The highest BCUT2D eigenvalue weighted by atomic mass is 19.4. The summed E-state index contributed by atoms with van der Waals surface area (Å²) in [6, 6.07) is 11.1. The van der Waals surface area contributed by atoms with E-state index in [-0.39, 0.29) is 5.56 Å². The quantitative estimate of drug-likeness (QED) is 0.258. The molecule has 0 spiro atoms. The number of hydrogen-bond acceptors (Lipinski definition) is 7. The molecule has 0 aromatic heterocycles. The number of rotatable bonds is 12. The van der Waals surface area contributed by atoms with Crippen LogP contribution in [0.5, 0.6) is 0 Å². The summed E-state index contributed by atoms with van der Waals surface area (Å²) in [4.78, 5) is 58.1. The molecule has 1 fully saturated rings. The van der Waals surface area contributed by atoms with Gasteiger partial charge < -0.3 is 16.0 Å². The number of carbonyl (C=O) groups excluding carboxylic acids is 4. The summed E-state index contributed by atoms with van der Waals surface area (Å²) in [5.41, 5.74) is 8.55. The molecule has 9 nitrogen and oxygen atoms in total. The summed E-state index contributed by atoms with van der Waals surface area (Å²) < 4.78 is 37.4. The SMILES string of the molecule is Cc1ccccc1-c1cc(CN(C)CCC2CCCCC2)ccc1C(=O)NC(CCC(N)=O)C(=O)OOC(=O)C(F)(F)F. The van der Waals surface area contributed by atoms with Crippen molar-refractivity contribution >= 4 is 23.8 Å². The molecule has 12 heteroatoms. The minimum Gasteiger partial charge on any atom is -0.370 e. The number of halogens is 3. The van der Waals surface area contributed by atoms with Gasteiger partial charge in [0.2, 0.25) is 5.91 Å². The molecule has 0 heterocycles. The van der Waals surface area contributed by atoms with Crippen molar-refractivity contribution in [3.8, 4) is 11.1 Å². The maximum Gasteiger partial charge on any atom is 0.495 e. The Kier molecular flexibility index (Phi) is 12.1. The number of carbonyl (C=O) groups is 4. The molecule has 2 aromatic rings. The van der Waals surface area contributed by atoms with Crippen molar-refractivity contribution in [3.05, 3.63) is 59.2 Å². The maximum absolute atomic E-state index is 13.5. The van der Waals surface area contributed by atoms with Gasteiger partial charge in [0.05, 0.1) is 0 Å². The topological polar surface area (TPSA) is 128 Å². The highest BCUT2D eigenvalue weighted by molar-refractivity contribution is 6.03. The largest absolute Gasteiger partial charge is 0.495 e. The Morgan fingerprint density at radius 3 is 2.37 bits per heavy atom. The van der Waals surface area contributed by atoms with Crippen LogP contribution in [-0.4, -0.2) is 54.5 Å². The van der Waals surface area contributed by atoms with E-state index < -0.39 is 48.8 Å². The van der Waals surface area contributed by atoms with Gasteiger partial charge in [0.1, 0.15) is 6.04 Å². The third-order valence-electron chi connectivity index (χ3n) is 7.56. The first-order chi connectivity index (χ1) is 20.3. The van der Waals surface area contributed by atoms with E-state index in [1.165, 1.54) is 32.1 Å². The Morgan fingerprint density at radius 2 is 1.72 bits per heavy atom. The van der Waals surface area contributed by atoms with Gasteiger partial charge in [0, 0.05) is 18.5 Å². The van der Waals surface area contributed by atoms with Gasteiger partial charge >= 0.3 is 18.1 Å². The van der Waals surface area contributed by atoms with E-state index in [0.29, 0.717) is 12.1 Å². The van der Waals surface area contributed by atoms with E-state index in [1.54, 1.807) is 12.1 Å². The van der Waals surface area contributed by atoms with Gasteiger partial charge in [-0.2, -0.15) is 13.2 Å². The van der Waals surface area contributed by atoms with Crippen molar-refractivity contribution in [2.24, 2.45) is 11.7 Å². The fourth-order valence-corrected chi connectivity index (χ4v) is 5.21. The lowest BCUT2D eigenvalue weighted by molar-refractivity contribution is -0.286. The fourth-order valence-electron chi connectivity index (χ4n) is 5.21. The molecule has 1 saturated carbocycles. The number of alkyl halides is 3. The van der Waals surface area contributed by atoms with Crippen LogP contribution < -0.4 is 11.1 Å². The molecule has 0 radical (unpaired) electrons. The average Bonchev–Trinajstić information content (AvgIpc) is 2.96. The molecule has 2 aromatic carbocycles. The number of amides is 2. The second kappa shape index (κ2) is 15.5. The van der Waals surface area contributed by atoms with Crippen LogP contribution >= 0.6 is 0 Å². The highest BCUT2D eigenvalue weighted by Crippen LogP contribution is 2.30. The van der Waals surface area contributed by atoms with Crippen molar-refractivity contribution < 1.29 is 42.1 Å². The smallest absolute Gasteiger partial charge is 0.370 e. The number of aryl methyl sites for hydroxylation is 1. The van der Waals surface area contributed by atoms with Gasteiger partial charge in [-0.3, -0.25) is 9.59 Å². The minimum atomic E-state index is -5.40. The van der Waals surface area contributed by atoms with E-state index in [0.717, 1.165) is 35.6 Å². The Morgan fingerprint density at radius 1 is 1.02 bits per heavy atom. The van der Waals surface area contributed by atoms with Crippen LogP contribution in [-0.2, 0) is 30.7 Å². The van der Waals surface area contributed by atoms with Crippen molar-refractivity contribution in [1.29, 1.82) is 0 Å². The summed E-state index contributed by atoms with van der Waals surface area (Å²) in [6.07, 6.45) is 1.36. The molecule has 234 valence electrons. The van der Waals surface area contributed by atoms with Crippen molar-refractivity contribution in [1.82, 2.24) is 10.2 Å². The van der Waals surface area contributed by atoms with Crippen molar-refractivity contribution in [2.75, 3.05) is 13.6 Å². The Labute approximate surface area is 248 Å². The van der Waals surface area contributed by atoms with Gasteiger partial charge in [-0.15, -0.1) is 0 Å². The van der Waals surface area contributed by atoms with Crippen LogP contribution in [0.15, 0.2) is 42.5 Å². The molecule has 1 aliphatic rings. The summed E-state index contributed by atoms with van der Waals surface area (Å²) in [5.74, 6) is -5.07. The Bertz CT molecular complexity index is 1290. The third-order valence-corrected chi connectivity index (χ3v) is 7.56. The van der Waals surface area contributed by atoms with Crippen LogP contribution in [0.4, 0.5) is 13.2 Å². The predicted molar refractivity (Wildman–Crippen MR) is 152 cm³/mol. The van der Waals surface area contributed by atoms with Crippen LogP contribution in [0.3, 0.4) is 0 Å². The fraction of sp³-hybridized carbons (Fsp3) is 0.484. The van der Waals surface area contributed by atoms with E-state index in [1.807, 2.05) is 37.3 Å². The minimum absolute atomic E-state index is 0.187. The molecular formula is C31H38F3N3O6. The molecule has 0 aliphatic heterocycles. The summed E-state index contributed by atoms with van der Waals surface area (Å²) >= 11 is 0. The highest BCUT2D eigenvalue weighted by Gasteiger charge is 2.43. The lowest BCUT2D eigenvalue weighted by Gasteiger charge is -2.25. The van der Waals surface area contributed by atoms with E-state index >= 15 is 0 Å². The van der Waals surface area contributed by atoms with Gasteiger partial charge in [0.15, 0.2) is 0 Å². The van der Waals surface area contributed by atoms with E-state index in [2.05, 4.69) is 27.0 Å². The first-order valence-corrected chi connectivity index (χ1v) is 14.3. The van der Waals surface area contributed by atoms with Crippen LogP contribution in [0.25, 0.3) is 11.1 Å². The number of nitrogens with zero attached hydrogens (tertiary/aromatic N) is 1. The monoisotopic (exact) mass is 605 g/mol. The zero-order chi connectivity index (χ0) is 31.6. The van der Waals surface area contributed by atoms with Crippen LogP contribution in [0.1, 0.15) is 72.9 Å². The first-order valence-electron chi connectivity index (χ1n) is 14.3. The molecular weight excluding hydrogens is 567 g/mol. The molecule has 0 bridgehead atoms. The number of nitrogens with one attached hydrogen (secondary N) is 1. The zero-order valence-corrected chi connectivity index (χ0v) is 24.4. The number of nitrogens with two attached hydrogens (primary N) is 1. The normalized spacial score (nSPS) is 14.7. The number of primary amides is 1. The number of hydrogen-bond donors (Lipinski definition) is 2. The van der Waals surface area contributed by atoms with Crippen LogP contribution in [0, 0.1) is 12.8 Å². The molecule has 3 rings (SSSR count). The first kappa shape index (κ1) is 33.6. The molecule has 1 unspecified atom stereocenters. The lowest BCUT2D eigenvalue weighted by Crippen LogP contribution is -2.43. The molecule has 2 amide bonds. The molecule has 1 aliphatic carbocycles. The Balaban J connectivity index is 1.81. The second-order valence-electron chi connectivity index (χ2n) is 11.0. The third kappa shape index (κ3) is 10.4. The molecule has 43 heavy (non-hydrogen) atoms. The van der Waals surface area contributed by atoms with Crippen LogP contribution in [0.2, 0.25) is 0 Å². The lowest BCUT2D eigenvalue weighted by atomic mass is 9.87. The van der Waals surface area contributed by atoms with Crippen molar-refractivity contribution in [2.45, 2.75) is 77.1 Å². The molecule has 1 atom stereocenters. The van der Waals surface area contributed by atoms with Gasteiger partial charge in [-0.1, -0.05) is 62.4 Å². The zero-order valence-electron chi connectivity index (χ0n) is 24.4. The van der Waals surface area contributed by atoms with Gasteiger partial charge in [-0.05, 0) is 73.7 Å². The maximum atomic E-state index is 13.5. The van der Waals surface area contributed by atoms with E-state index in [4.69, 9.17) is 5.73 Å². The van der Waals surface area contributed by atoms with Gasteiger partial charge in [0.25, 0.3) is 5.91 Å². The number of benzene rings is 2. The standard InChI is InChI=1S/C31H38F3N3O6/c1-20-8-6-7-11-23(20)25-18-22(19-37(2)17-16-21-9-4-3-5-10-21)12-13-24(25)28(39)36-26(14-15-27(35)38)29(40)42-43-30(41)31(32,33)34/h6-8,11-13,18,21,26H,3-5,9-10,14-17,19H2,1-2H3,(H2,35,38)(H,36,39). The summed E-state index contributed by atoms with van der Waals surface area (Å²) in [6.45, 7) is 3.48. The predicted octanol–water partition coefficient (Wildman–Crippen LogP) is 4.99. The second-order valence-corrected chi connectivity index (χ2v) is 11.0. The Hall–Kier alpha value is -3.93. The average molecular weight is 606 g/mol. The summed E-state index contributed by atoms with van der Waals surface area (Å²) in [7, 11) is 2.05. The summed E-state index contributed by atoms with van der Waals surface area (Å²) in [5, 5.41) is 2.39. The molecule has 3 N–H and O–H groups in total. The van der Waals surface area contributed by atoms with Crippen molar-refractivity contribution in [3.63, 3.8) is 0 Å². The van der Waals surface area contributed by atoms with E-state index in [9.17, 15) is 32.3 Å².